The lowest BCUT2D eigenvalue weighted by Gasteiger charge is -2.15. The van der Waals surface area contributed by atoms with Crippen molar-refractivity contribution in [2.45, 2.75) is 71.3 Å². The van der Waals surface area contributed by atoms with Crippen LogP contribution in [0, 0.1) is 0 Å². The lowest BCUT2D eigenvalue weighted by Crippen LogP contribution is -2.23. The fourth-order valence-electron chi connectivity index (χ4n) is 1.74. The molecule has 110 valence electrons. The Morgan fingerprint density at radius 1 is 1.21 bits per heavy atom. The van der Waals surface area contributed by atoms with Crippen LogP contribution in [-0.4, -0.2) is 16.4 Å². The van der Waals surface area contributed by atoms with Crippen molar-refractivity contribution in [1.29, 1.82) is 0 Å². The average molecular weight is 305 g/mol. The first-order valence-corrected chi connectivity index (χ1v) is 7.83. The van der Waals surface area contributed by atoms with Gasteiger partial charge in [0.15, 0.2) is 0 Å². The Bertz CT molecular complexity index is 303. The summed E-state index contributed by atoms with van der Waals surface area (Å²) in [5, 5.41) is 0. The molecule has 4 heteroatoms. The number of halogens is 1. The fourth-order valence-corrected chi connectivity index (χ4v) is 2.05. The summed E-state index contributed by atoms with van der Waals surface area (Å²) in [5.41, 5.74) is 0.373. The molecule has 0 aromatic heterocycles. The molecule has 0 N–H and O–H groups in total. The molecule has 19 heavy (non-hydrogen) atoms. The normalized spacial score (nSPS) is 11.9. The largest absolute Gasteiger partial charge is 0.452 e. The van der Waals surface area contributed by atoms with E-state index in [1.54, 1.807) is 6.92 Å². The van der Waals surface area contributed by atoms with Crippen LogP contribution in [0.25, 0.3) is 0 Å². The molecule has 0 amide bonds. The van der Waals surface area contributed by atoms with Crippen molar-refractivity contribution in [1.82, 2.24) is 0 Å². The monoisotopic (exact) mass is 304 g/mol. The van der Waals surface area contributed by atoms with Gasteiger partial charge in [-0.05, 0) is 19.8 Å². The Balaban J connectivity index is 3.81. The molecule has 1 unspecified atom stereocenters. The molecular weight excluding hydrogens is 280 g/mol. The first-order valence-electron chi connectivity index (χ1n) is 7.04. The number of unbranched alkanes of at least 4 members (excludes halogenated alkanes) is 6. The highest BCUT2D eigenvalue weighted by Crippen LogP contribution is 2.14. The molecule has 0 spiro atoms. The first kappa shape index (κ1) is 18.6. The van der Waals surface area contributed by atoms with Crippen molar-refractivity contribution in [3.8, 4) is 0 Å². The van der Waals surface area contributed by atoms with Crippen LogP contribution < -0.4 is 0 Å². The maximum atomic E-state index is 11.4. The number of carbonyl (C=O) groups is 1. The summed E-state index contributed by atoms with van der Waals surface area (Å²) in [6, 6.07) is 0. The van der Waals surface area contributed by atoms with Gasteiger partial charge in [-0.15, -0.1) is 0 Å². The fraction of sp³-hybridized carbons (Fsp3) is 0.733. The second-order valence-corrected chi connectivity index (χ2v) is 5.96. The predicted molar refractivity (Wildman–Crippen MR) is 85.8 cm³/mol. The average Bonchev–Trinajstić information content (AvgIpc) is 2.35. The molecule has 0 aliphatic heterocycles. The minimum atomic E-state index is -0.462. The SMILES string of the molecule is C=C(C)C(=O)OC(CCCCCCCCC)C(=S)Cl. The number of rotatable bonds is 11. The Kier molecular flexibility index (Phi) is 11.2. The smallest absolute Gasteiger partial charge is 0.333 e. The standard InChI is InChI=1S/C15H25ClO2S/c1-4-5-6-7-8-9-10-11-13(14(16)19)18-15(17)12(2)3/h13H,2,4-11H2,1,3H3. The molecule has 0 saturated heterocycles. The Hall–Kier alpha value is -0.410. The number of hydrogen-bond acceptors (Lipinski definition) is 3. The quantitative estimate of drug-likeness (QED) is 0.173. The van der Waals surface area contributed by atoms with Crippen LogP contribution in [0.5, 0.6) is 0 Å². The highest BCUT2D eigenvalue weighted by Gasteiger charge is 2.17. The van der Waals surface area contributed by atoms with E-state index < -0.39 is 12.1 Å². The summed E-state index contributed by atoms with van der Waals surface area (Å²) in [4.78, 5) is 11.4. The van der Waals surface area contributed by atoms with Crippen molar-refractivity contribution >= 4 is 34.1 Å². The number of thiocarbonyl (C=S) groups is 1. The summed E-state index contributed by atoms with van der Waals surface area (Å²) in [5.74, 6) is -0.420. The Morgan fingerprint density at radius 2 is 1.74 bits per heavy atom. The van der Waals surface area contributed by atoms with E-state index in [1.165, 1.54) is 32.1 Å². The topological polar surface area (TPSA) is 26.3 Å². The zero-order valence-corrected chi connectivity index (χ0v) is 13.6. The predicted octanol–water partition coefficient (Wildman–Crippen LogP) is 5.18. The Morgan fingerprint density at radius 3 is 2.21 bits per heavy atom. The molecule has 0 bridgehead atoms. The van der Waals surface area contributed by atoms with Gasteiger partial charge in [0, 0.05) is 5.57 Å². The van der Waals surface area contributed by atoms with Crippen molar-refractivity contribution in [2.24, 2.45) is 0 Å². The van der Waals surface area contributed by atoms with Gasteiger partial charge >= 0.3 is 5.97 Å². The van der Waals surface area contributed by atoms with Gasteiger partial charge in [-0.1, -0.05) is 75.8 Å². The molecule has 0 saturated carbocycles. The third-order valence-electron chi connectivity index (χ3n) is 2.92. The third kappa shape index (κ3) is 10.1. The highest BCUT2D eigenvalue weighted by atomic mass is 35.5. The summed E-state index contributed by atoms with van der Waals surface area (Å²) < 4.78 is 5.43. The van der Waals surface area contributed by atoms with E-state index in [-0.39, 0.29) is 4.32 Å². The minimum Gasteiger partial charge on any atom is -0.452 e. The molecule has 0 heterocycles. The van der Waals surface area contributed by atoms with Crippen LogP contribution in [0.4, 0.5) is 0 Å². The molecule has 0 aliphatic carbocycles. The second kappa shape index (κ2) is 11.4. The third-order valence-corrected chi connectivity index (χ3v) is 3.43. The molecule has 0 aliphatic rings. The molecular formula is C15H25ClO2S. The van der Waals surface area contributed by atoms with Crippen LogP contribution in [0.2, 0.25) is 0 Å². The molecule has 0 aromatic rings. The van der Waals surface area contributed by atoms with Crippen LogP contribution in [0.3, 0.4) is 0 Å². The maximum absolute atomic E-state index is 11.4. The van der Waals surface area contributed by atoms with E-state index in [9.17, 15) is 4.79 Å². The van der Waals surface area contributed by atoms with Gasteiger partial charge < -0.3 is 4.74 Å². The summed E-state index contributed by atoms with van der Waals surface area (Å²) >= 11 is 10.7. The summed E-state index contributed by atoms with van der Waals surface area (Å²) in [7, 11) is 0. The molecule has 0 rings (SSSR count). The van der Waals surface area contributed by atoms with Crippen molar-refractivity contribution < 1.29 is 9.53 Å². The van der Waals surface area contributed by atoms with Crippen molar-refractivity contribution in [3.63, 3.8) is 0 Å². The number of hydrogen-bond donors (Lipinski definition) is 0. The van der Waals surface area contributed by atoms with Gasteiger partial charge in [0.25, 0.3) is 0 Å². The number of esters is 1. The van der Waals surface area contributed by atoms with Crippen molar-refractivity contribution in [3.05, 3.63) is 12.2 Å². The lowest BCUT2D eigenvalue weighted by atomic mass is 10.1. The molecule has 0 radical (unpaired) electrons. The number of carbonyl (C=O) groups excluding carboxylic acids is 1. The molecule has 2 nitrogen and oxygen atoms in total. The highest BCUT2D eigenvalue weighted by molar-refractivity contribution is 7.83. The summed E-state index contributed by atoms with van der Waals surface area (Å²) in [6.07, 6.45) is 8.72. The van der Waals surface area contributed by atoms with Gasteiger partial charge in [-0.25, -0.2) is 4.79 Å². The van der Waals surface area contributed by atoms with E-state index in [2.05, 4.69) is 13.5 Å². The van der Waals surface area contributed by atoms with Gasteiger partial charge in [-0.3, -0.25) is 0 Å². The van der Waals surface area contributed by atoms with E-state index >= 15 is 0 Å². The van der Waals surface area contributed by atoms with E-state index in [0.29, 0.717) is 12.0 Å². The van der Waals surface area contributed by atoms with E-state index in [4.69, 9.17) is 28.6 Å². The van der Waals surface area contributed by atoms with E-state index in [0.717, 1.165) is 12.8 Å². The van der Waals surface area contributed by atoms with Gasteiger partial charge in [0.2, 0.25) is 0 Å². The van der Waals surface area contributed by atoms with Crippen LogP contribution >= 0.6 is 23.8 Å². The lowest BCUT2D eigenvalue weighted by molar-refractivity contribution is -0.141. The van der Waals surface area contributed by atoms with Crippen LogP contribution in [-0.2, 0) is 9.53 Å². The molecule has 1 atom stereocenters. The van der Waals surface area contributed by atoms with Gasteiger partial charge in [0.05, 0.1) is 0 Å². The zero-order chi connectivity index (χ0) is 14.7. The second-order valence-electron chi connectivity index (χ2n) is 4.89. The van der Waals surface area contributed by atoms with Crippen molar-refractivity contribution in [2.75, 3.05) is 0 Å². The van der Waals surface area contributed by atoms with Crippen LogP contribution in [0.15, 0.2) is 12.2 Å². The number of ether oxygens (including phenoxy) is 1. The Labute approximate surface area is 127 Å². The van der Waals surface area contributed by atoms with Gasteiger partial charge in [0.1, 0.15) is 10.4 Å². The molecule has 0 fully saturated rings. The maximum Gasteiger partial charge on any atom is 0.333 e. The van der Waals surface area contributed by atoms with Gasteiger partial charge in [-0.2, -0.15) is 0 Å². The van der Waals surface area contributed by atoms with E-state index in [1.807, 2.05) is 0 Å². The first-order chi connectivity index (χ1) is 8.99. The minimum absolute atomic E-state index is 0.223. The summed E-state index contributed by atoms with van der Waals surface area (Å²) in [6.45, 7) is 7.37. The molecule has 0 aromatic carbocycles. The zero-order valence-electron chi connectivity index (χ0n) is 12.0. The van der Waals surface area contributed by atoms with Crippen LogP contribution in [0.1, 0.15) is 65.2 Å².